The third kappa shape index (κ3) is 12.5. The number of amidine groups is 1. The fourth-order valence-electron chi connectivity index (χ4n) is 3.27. The van der Waals surface area contributed by atoms with E-state index in [0.29, 0.717) is 56.3 Å². The molecule has 0 aromatic carbocycles. The first-order valence-electron chi connectivity index (χ1n) is 12.0. The van der Waals surface area contributed by atoms with Crippen molar-refractivity contribution in [3.05, 3.63) is 35.8 Å². The molecule has 2 N–H and O–H groups in total. The largest absolute Gasteiger partial charge is 0.419 e. The van der Waals surface area contributed by atoms with Gasteiger partial charge in [0.25, 0.3) is 0 Å². The van der Waals surface area contributed by atoms with Gasteiger partial charge in [-0.1, -0.05) is 39.3 Å². The number of amides is 1. The first kappa shape index (κ1) is 28.8. The third-order valence-corrected chi connectivity index (χ3v) is 5.23. The van der Waals surface area contributed by atoms with Gasteiger partial charge < -0.3 is 15.5 Å². The third-order valence-electron chi connectivity index (χ3n) is 5.23. The topological polar surface area (TPSA) is 56.7 Å². The number of carbonyl (C=O) groups excluding carboxylic acids is 1. The molecule has 1 fully saturated rings. The number of hydrogen-bond donors (Lipinski definition) is 2. The highest BCUT2D eigenvalue weighted by atomic mass is 19.4. The zero-order valence-electron chi connectivity index (χ0n) is 20.7. The van der Waals surface area contributed by atoms with Gasteiger partial charge in [0.05, 0.1) is 5.57 Å². The number of alkyl halides is 3. The van der Waals surface area contributed by atoms with Crippen LogP contribution in [0.2, 0.25) is 0 Å². The fraction of sp³-hybridized carbons (Fsp3) is 0.680. The maximum atomic E-state index is 13.8. The number of aliphatic imine (C=N–C) groups is 1. The van der Waals surface area contributed by atoms with E-state index in [-0.39, 0.29) is 11.6 Å². The predicted molar refractivity (Wildman–Crippen MR) is 130 cm³/mol. The van der Waals surface area contributed by atoms with Crippen molar-refractivity contribution in [2.24, 2.45) is 10.9 Å². The molecule has 0 aliphatic heterocycles. The molecule has 8 heteroatoms. The summed E-state index contributed by atoms with van der Waals surface area (Å²) in [6.07, 6.45) is 4.47. The highest BCUT2D eigenvalue weighted by Crippen LogP contribution is 2.33. The molecule has 0 aromatic heterocycles. The SMILES string of the molecule is C=C(C)NC(C)=N/C=C(\C(=C\CCC)NCCCN(CCCC)C(=O)CC1CC1)C(F)(F)F. The Hall–Kier alpha value is -2.25. The highest BCUT2D eigenvalue weighted by Gasteiger charge is 2.36. The number of rotatable bonds is 15. The van der Waals surface area contributed by atoms with E-state index in [1.807, 2.05) is 11.8 Å². The van der Waals surface area contributed by atoms with Crippen LogP contribution in [0.3, 0.4) is 0 Å². The van der Waals surface area contributed by atoms with Crippen LogP contribution in [0.15, 0.2) is 40.8 Å². The minimum atomic E-state index is -4.55. The summed E-state index contributed by atoms with van der Waals surface area (Å²) in [5.74, 6) is 1.02. The number of halogens is 3. The first-order chi connectivity index (χ1) is 15.6. The van der Waals surface area contributed by atoms with Crippen LogP contribution in [0.1, 0.15) is 79.1 Å². The molecule has 1 amide bonds. The van der Waals surface area contributed by atoms with Gasteiger partial charge in [-0.25, -0.2) is 4.99 Å². The highest BCUT2D eigenvalue weighted by molar-refractivity contribution is 5.81. The van der Waals surface area contributed by atoms with Gasteiger partial charge in [0, 0.05) is 43.6 Å². The average molecular weight is 471 g/mol. The van der Waals surface area contributed by atoms with Crippen LogP contribution in [0, 0.1) is 5.92 Å². The molecule has 1 saturated carbocycles. The molecule has 0 aromatic rings. The van der Waals surface area contributed by atoms with E-state index in [1.54, 1.807) is 19.9 Å². The van der Waals surface area contributed by atoms with E-state index in [9.17, 15) is 18.0 Å². The molecule has 0 atom stereocenters. The Bertz CT molecular complexity index is 722. The van der Waals surface area contributed by atoms with Gasteiger partial charge in [-0.2, -0.15) is 13.2 Å². The number of nitrogens with one attached hydrogen (secondary N) is 2. The van der Waals surface area contributed by atoms with Crippen LogP contribution in [0.25, 0.3) is 0 Å². The van der Waals surface area contributed by atoms with Crippen molar-refractivity contribution < 1.29 is 18.0 Å². The van der Waals surface area contributed by atoms with Crippen molar-refractivity contribution in [2.75, 3.05) is 19.6 Å². The molecule has 1 rings (SSSR count). The van der Waals surface area contributed by atoms with E-state index < -0.39 is 11.7 Å². The summed E-state index contributed by atoms with van der Waals surface area (Å²) in [5, 5.41) is 5.76. The van der Waals surface area contributed by atoms with Crippen LogP contribution >= 0.6 is 0 Å². The van der Waals surface area contributed by atoms with E-state index in [0.717, 1.165) is 38.3 Å². The Balaban J connectivity index is 2.84. The van der Waals surface area contributed by atoms with Crippen molar-refractivity contribution in [2.45, 2.75) is 85.2 Å². The minimum absolute atomic E-state index is 0.0284. The molecule has 1 aliphatic rings. The normalized spacial score (nSPS) is 15.4. The van der Waals surface area contributed by atoms with Crippen molar-refractivity contribution in [1.82, 2.24) is 15.5 Å². The Kier molecular flexibility index (Phi) is 12.9. The fourth-order valence-corrected chi connectivity index (χ4v) is 3.27. The van der Waals surface area contributed by atoms with Crippen LogP contribution in [-0.4, -0.2) is 42.5 Å². The molecule has 33 heavy (non-hydrogen) atoms. The Morgan fingerprint density at radius 1 is 1.15 bits per heavy atom. The zero-order chi connectivity index (χ0) is 24.9. The molecule has 0 radical (unpaired) electrons. The summed E-state index contributed by atoms with van der Waals surface area (Å²) in [6, 6.07) is 0. The minimum Gasteiger partial charge on any atom is -0.385 e. The van der Waals surface area contributed by atoms with Gasteiger partial charge in [-0.15, -0.1) is 0 Å². The second kappa shape index (κ2) is 14.8. The van der Waals surface area contributed by atoms with Gasteiger partial charge in [0.2, 0.25) is 5.91 Å². The van der Waals surface area contributed by atoms with Crippen molar-refractivity contribution in [3.8, 4) is 0 Å². The quantitative estimate of drug-likeness (QED) is 0.132. The summed E-state index contributed by atoms with van der Waals surface area (Å²) in [5.41, 5.74) is -0.186. The van der Waals surface area contributed by atoms with Crippen molar-refractivity contribution >= 4 is 11.7 Å². The summed E-state index contributed by atoms with van der Waals surface area (Å²) < 4.78 is 41.4. The van der Waals surface area contributed by atoms with E-state index in [1.165, 1.54) is 0 Å². The number of carbonyl (C=O) groups is 1. The van der Waals surface area contributed by atoms with Gasteiger partial charge in [-0.05, 0) is 51.9 Å². The van der Waals surface area contributed by atoms with Crippen LogP contribution < -0.4 is 10.6 Å². The van der Waals surface area contributed by atoms with Crippen LogP contribution in [0.5, 0.6) is 0 Å². The smallest absolute Gasteiger partial charge is 0.385 e. The molecular formula is C25H41F3N4O. The molecule has 0 spiro atoms. The standard InChI is InChI=1S/C25H41F3N4O/c1-6-8-11-23(22(25(26,27)28)18-30-20(5)31-19(3)4)29-14-10-16-32(15-9-7-2)24(33)17-21-12-13-21/h11,18,21,29H,3,6-10,12-17H2,1-2,4-5H3,(H,30,31)/b22-18+,23-11-. The average Bonchev–Trinajstić information content (AvgIpc) is 3.53. The Morgan fingerprint density at radius 3 is 2.36 bits per heavy atom. The molecule has 1 aliphatic carbocycles. The Morgan fingerprint density at radius 2 is 1.82 bits per heavy atom. The maximum Gasteiger partial charge on any atom is 0.419 e. The first-order valence-corrected chi connectivity index (χ1v) is 12.0. The molecule has 0 bridgehead atoms. The molecule has 0 unspecified atom stereocenters. The summed E-state index contributed by atoms with van der Waals surface area (Å²) in [7, 11) is 0. The van der Waals surface area contributed by atoms with Crippen LogP contribution in [0.4, 0.5) is 13.2 Å². The van der Waals surface area contributed by atoms with E-state index in [2.05, 4.69) is 29.1 Å². The number of unbranched alkanes of at least 4 members (excludes halogenated alkanes) is 2. The summed E-state index contributed by atoms with van der Waals surface area (Å²) in [6.45, 7) is 12.6. The van der Waals surface area contributed by atoms with E-state index >= 15 is 0 Å². The Labute approximate surface area is 197 Å². The van der Waals surface area contributed by atoms with Crippen LogP contribution in [-0.2, 0) is 4.79 Å². The molecular weight excluding hydrogens is 429 g/mol. The predicted octanol–water partition coefficient (Wildman–Crippen LogP) is 6.07. The van der Waals surface area contributed by atoms with Gasteiger partial charge in [0.1, 0.15) is 5.84 Å². The van der Waals surface area contributed by atoms with Crippen molar-refractivity contribution in [3.63, 3.8) is 0 Å². The van der Waals surface area contributed by atoms with E-state index in [4.69, 9.17) is 0 Å². The molecule has 0 saturated heterocycles. The summed E-state index contributed by atoms with van der Waals surface area (Å²) >= 11 is 0. The van der Waals surface area contributed by atoms with Gasteiger partial charge in [0.15, 0.2) is 0 Å². The summed E-state index contributed by atoms with van der Waals surface area (Å²) in [4.78, 5) is 18.4. The lowest BCUT2D eigenvalue weighted by atomic mass is 10.1. The van der Waals surface area contributed by atoms with Gasteiger partial charge in [-0.3, -0.25) is 4.79 Å². The molecule has 0 heterocycles. The lowest BCUT2D eigenvalue weighted by Crippen LogP contribution is -2.34. The second-order valence-electron chi connectivity index (χ2n) is 8.73. The molecule has 188 valence electrons. The number of nitrogens with zero attached hydrogens (tertiary/aromatic N) is 2. The lowest BCUT2D eigenvalue weighted by molar-refractivity contribution is -0.131. The van der Waals surface area contributed by atoms with Gasteiger partial charge >= 0.3 is 6.18 Å². The monoisotopic (exact) mass is 470 g/mol. The van der Waals surface area contributed by atoms with Crippen molar-refractivity contribution in [1.29, 1.82) is 0 Å². The second-order valence-corrected chi connectivity index (χ2v) is 8.73. The zero-order valence-corrected chi connectivity index (χ0v) is 20.7. The molecule has 5 nitrogen and oxygen atoms in total. The lowest BCUT2D eigenvalue weighted by Gasteiger charge is -2.23. The maximum absolute atomic E-state index is 13.8. The number of allylic oxidation sites excluding steroid dienone is 3. The number of hydrogen-bond acceptors (Lipinski definition) is 3.